The molecule has 1 aromatic heterocycles. The normalized spacial score (nSPS) is 10.9. The second-order valence-corrected chi connectivity index (χ2v) is 8.34. The Morgan fingerprint density at radius 2 is 1.66 bits per heavy atom. The predicted octanol–water partition coefficient (Wildman–Crippen LogP) is 4.83. The number of pyridine rings is 1. The number of nitrogens with zero attached hydrogens (tertiary/aromatic N) is 1. The molecule has 0 aliphatic rings. The molecule has 0 bridgehead atoms. The van der Waals surface area contributed by atoms with Crippen LogP contribution in [0.4, 0.5) is 14.5 Å². The summed E-state index contributed by atoms with van der Waals surface area (Å²) in [6.07, 6.45) is 3.19. The fourth-order valence-corrected chi connectivity index (χ4v) is 4.15. The first-order valence-electron chi connectivity index (χ1n) is 8.38. The van der Waals surface area contributed by atoms with Gasteiger partial charge in [0.05, 0.1) is 4.90 Å². The number of sulfonamides is 1. The van der Waals surface area contributed by atoms with Crippen molar-refractivity contribution in [3.63, 3.8) is 0 Å². The van der Waals surface area contributed by atoms with Gasteiger partial charge in [-0.05, 0) is 55.3 Å². The van der Waals surface area contributed by atoms with E-state index in [1.807, 2.05) is 11.6 Å². The van der Waals surface area contributed by atoms with E-state index in [1.165, 1.54) is 31.3 Å². The van der Waals surface area contributed by atoms with Gasteiger partial charge in [-0.25, -0.2) is 17.2 Å². The van der Waals surface area contributed by atoms with E-state index < -0.39 is 27.3 Å². The molecule has 0 atom stereocenters. The minimum atomic E-state index is -4.24. The quantitative estimate of drug-likeness (QED) is 0.603. The SMILES string of the molecule is Cc1cncc(C#Cc2cc(F)c(NS(=O)(=O)c3cccc(Cl)c3C)c(F)c2)c1. The maximum absolute atomic E-state index is 14.5. The smallest absolute Gasteiger partial charge is 0.262 e. The minimum absolute atomic E-state index is 0.0587. The van der Waals surface area contributed by atoms with E-state index in [-0.39, 0.29) is 21.0 Å². The van der Waals surface area contributed by atoms with Crippen molar-refractivity contribution in [2.24, 2.45) is 0 Å². The molecule has 3 rings (SSSR count). The van der Waals surface area contributed by atoms with Crippen molar-refractivity contribution in [2.75, 3.05) is 4.72 Å². The number of halogens is 3. The molecule has 3 aromatic rings. The zero-order chi connectivity index (χ0) is 21.2. The molecule has 148 valence electrons. The molecular formula is C21H15ClF2N2O2S. The Labute approximate surface area is 172 Å². The van der Waals surface area contributed by atoms with Crippen LogP contribution >= 0.6 is 11.6 Å². The van der Waals surface area contributed by atoms with Crippen LogP contribution in [0.15, 0.2) is 53.7 Å². The first kappa shape index (κ1) is 20.8. The van der Waals surface area contributed by atoms with Crippen LogP contribution in [0.2, 0.25) is 5.02 Å². The number of anilines is 1. The lowest BCUT2D eigenvalue weighted by Gasteiger charge is -2.12. The van der Waals surface area contributed by atoms with Crippen LogP contribution in [-0.2, 0) is 10.0 Å². The Hall–Kier alpha value is -2.95. The summed E-state index contributed by atoms with van der Waals surface area (Å²) in [5.41, 5.74) is 1.04. The molecule has 2 aromatic carbocycles. The van der Waals surface area contributed by atoms with Crippen LogP contribution < -0.4 is 4.72 Å². The van der Waals surface area contributed by atoms with Crippen molar-refractivity contribution >= 4 is 27.3 Å². The molecular weight excluding hydrogens is 418 g/mol. The van der Waals surface area contributed by atoms with Gasteiger partial charge in [-0.3, -0.25) is 9.71 Å². The molecule has 29 heavy (non-hydrogen) atoms. The summed E-state index contributed by atoms with van der Waals surface area (Å²) < 4.78 is 56.0. The van der Waals surface area contributed by atoms with Gasteiger partial charge in [-0.1, -0.05) is 29.5 Å². The fourth-order valence-electron chi connectivity index (χ4n) is 2.58. The van der Waals surface area contributed by atoms with Gasteiger partial charge in [-0.2, -0.15) is 0 Å². The van der Waals surface area contributed by atoms with E-state index in [0.29, 0.717) is 5.56 Å². The van der Waals surface area contributed by atoms with Crippen molar-refractivity contribution in [3.8, 4) is 11.8 Å². The van der Waals surface area contributed by atoms with Crippen molar-refractivity contribution in [2.45, 2.75) is 18.7 Å². The molecule has 0 radical (unpaired) electrons. The van der Waals surface area contributed by atoms with Crippen molar-refractivity contribution in [3.05, 3.63) is 87.7 Å². The maximum Gasteiger partial charge on any atom is 0.262 e. The Kier molecular flexibility index (Phi) is 5.87. The molecule has 0 unspecified atom stereocenters. The number of hydrogen-bond donors (Lipinski definition) is 1. The first-order chi connectivity index (χ1) is 13.7. The van der Waals surface area contributed by atoms with Crippen molar-refractivity contribution in [1.82, 2.24) is 4.98 Å². The lowest BCUT2D eigenvalue weighted by Crippen LogP contribution is -2.16. The summed E-state index contributed by atoms with van der Waals surface area (Å²) in [6.45, 7) is 3.35. The molecule has 1 heterocycles. The summed E-state index contributed by atoms with van der Waals surface area (Å²) in [6, 6.07) is 7.96. The number of aromatic nitrogens is 1. The third-order valence-electron chi connectivity index (χ3n) is 4.01. The standard InChI is InChI=1S/C21H15ClF2N2O2S/c1-13-8-16(12-25-11-13)7-6-15-9-18(23)21(19(24)10-15)26-29(27,28)20-5-3-4-17(22)14(20)2/h3-5,8-12,26H,1-2H3. The average molecular weight is 433 g/mol. The van der Waals surface area contributed by atoms with Crippen LogP contribution in [0, 0.1) is 37.3 Å². The molecule has 0 amide bonds. The largest absolute Gasteiger partial charge is 0.274 e. The van der Waals surface area contributed by atoms with Crippen LogP contribution in [0.25, 0.3) is 0 Å². The van der Waals surface area contributed by atoms with Crippen molar-refractivity contribution < 1.29 is 17.2 Å². The minimum Gasteiger partial charge on any atom is -0.274 e. The molecule has 0 fully saturated rings. The fraction of sp³-hybridized carbons (Fsp3) is 0.0952. The van der Waals surface area contributed by atoms with Gasteiger partial charge in [0.1, 0.15) is 5.69 Å². The molecule has 0 saturated heterocycles. The summed E-state index contributed by atoms with van der Waals surface area (Å²) >= 11 is 5.94. The molecule has 0 spiro atoms. The number of rotatable bonds is 3. The molecule has 0 saturated carbocycles. The lowest BCUT2D eigenvalue weighted by molar-refractivity contribution is 0.582. The summed E-state index contributed by atoms with van der Waals surface area (Å²) in [4.78, 5) is 3.82. The van der Waals surface area contributed by atoms with E-state index in [0.717, 1.165) is 17.7 Å². The van der Waals surface area contributed by atoms with E-state index in [9.17, 15) is 17.2 Å². The highest BCUT2D eigenvalue weighted by molar-refractivity contribution is 7.92. The van der Waals surface area contributed by atoms with Gasteiger partial charge in [0.25, 0.3) is 10.0 Å². The summed E-state index contributed by atoms with van der Waals surface area (Å²) in [5, 5.41) is 0.227. The van der Waals surface area contributed by atoms with E-state index >= 15 is 0 Å². The van der Waals surface area contributed by atoms with Gasteiger partial charge in [0.15, 0.2) is 11.6 Å². The third kappa shape index (κ3) is 4.73. The number of aryl methyl sites for hydroxylation is 1. The van der Waals surface area contributed by atoms with E-state index in [2.05, 4.69) is 16.8 Å². The lowest BCUT2D eigenvalue weighted by atomic mass is 10.1. The topological polar surface area (TPSA) is 59.1 Å². The zero-order valence-electron chi connectivity index (χ0n) is 15.4. The second-order valence-electron chi connectivity index (χ2n) is 6.28. The predicted molar refractivity (Wildman–Crippen MR) is 108 cm³/mol. The average Bonchev–Trinajstić information content (AvgIpc) is 2.65. The van der Waals surface area contributed by atoms with Crippen LogP contribution in [-0.4, -0.2) is 13.4 Å². The molecule has 4 nitrogen and oxygen atoms in total. The number of nitrogens with one attached hydrogen (secondary N) is 1. The van der Waals surface area contributed by atoms with E-state index in [4.69, 9.17) is 11.6 Å². The van der Waals surface area contributed by atoms with Gasteiger partial charge < -0.3 is 0 Å². The Balaban J connectivity index is 1.93. The van der Waals surface area contributed by atoms with Gasteiger partial charge in [0.2, 0.25) is 0 Å². The van der Waals surface area contributed by atoms with Gasteiger partial charge in [-0.15, -0.1) is 0 Å². The molecule has 0 aliphatic carbocycles. The third-order valence-corrected chi connectivity index (χ3v) is 5.92. The van der Waals surface area contributed by atoms with Crippen LogP contribution in [0.5, 0.6) is 0 Å². The highest BCUT2D eigenvalue weighted by Gasteiger charge is 2.22. The number of benzene rings is 2. The van der Waals surface area contributed by atoms with E-state index in [1.54, 1.807) is 12.3 Å². The first-order valence-corrected chi connectivity index (χ1v) is 10.2. The number of hydrogen-bond acceptors (Lipinski definition) is 3. The second kappa shape index (κ2) is 8.19. The van der Waals surface area contributed by atoms with Crippen LogP contribution in [0.1, 0.15) is 22.3 Å². The molecule has 8 heteroatoms. The summed E-state index contributed by atoms with van der Waals surface area (Å²) in [7, 11) is -4.24. The monoisotopic (exact) mass is 432 g/mol. The highest BCUT2D eigenvalue weighted by atomic mass is 35.5. The maximum atomic E-state index is 14.5. The van der Waals surface area contributed by atoms with Gasteiger partial charge in [0, 0.05) is 28.5 Å². The Bertz CT molecular complexity index is 1240. The Morgan fingerprint density at radius 3 is 2.31 bits per heavy atom. The Morgan fingerprint density at radius 1 is 1.00 bits per heavy atom. The molecule has 0 aliphatic heterocycles. The molecule has 1 N–H and O–H groups in total. The van der Waals surface area contributed by atoms with Gasteiger partial charge >= 0.3 is 0 Å². The summed E-state index contributed by atoms with van der Waals surface area (Å²) in [5.74, 6) is 3.24. The van der Waals surface area contributed by atoms with Crippen LogP contribution in [0.3, 0.4) is 0 Å². The van der Waals surface area contributed by atoms with Crippen molar-refractivity contribution in [1.29, 1.82) is 0 Å². The zero-order valence-corrected chi connectivity index (χ0v) is 17.0. The highest BCUT2D eigenvalue weighted by Crippen LogP contribution is 2.27.